The molecule has 0 aliphatic rings. The zero-order valence-corrected chi connectivity index (χ0v) is 42.7. The first kappa shape index (κ1) is 57.9. The van der Waals surface area contributed by atoms with Gasteiger partial charge in [0.25, 0.3) is 0 Å². The topological polar surface area (TPSA) is 21.7 Å². The van der Waals surface area contributed by atoms with E-state index in [4.69, 9.17) is 9.47 Å². The van der Waals surface area contributed by atoms with Crippen molar-refractivity contribution in [3.63, 3.8) is 0 Å². The van der Waals surface area contributed by atoms with Gasteiger partial charge in [0.15, 0.2) is 0 Å². The third kappa shape index (κ3) is 37.6. The monoisotopic (exact) mass is 820 g/mol. The molecule has 0 bridgehead atoms. The van der Waals surface area contributed by atoms with Crippen LogP contribution in [0.15, 0.2) is 0 Å². The van der Waals surface area contributed by atoms with Crippen LogP contribution >= 0.6 is 0 Å². The Morgan fingerprint density at radius 1 is 0.397 bits per heavy atom. The van der Waals surface area contributed by atoms with Crippen LogP contribution in [-0.2, 0) is 9.47 Å². The molecule has 0 aromatic heterocycles. The Balaban J connectivity index is 4.75. The first-order chi connectivity index (χ1) is 27.6. The van der Waals surface area contributed by atoms with Crippen LogP contribution in [-0.4, -0.2) is 49.5 Å². The molecule has 0 radical (unpaired) electrons. The Labute approximate surface area is 368 Å². The van der Waals surface area contributed by atoms with Gasteiger partial charge >= 0.3 is 0 Å². The van der Waals surface area contributed by atoms with Crippen molar-refractivity contribution in [3.05, 3.63) is 0 Å². The van der Waals surface area contributed by atoms with Crippen LogP contribution in [0.1, 0.15) is 300 Å². The molecule has 0 heterocycles. The van der Waals surface area contributed by atoms with Gasteiger partial charge in [0, 0.05) is 19.7 Å². The predicted molar refractivity (Wildman–Crippen MR) is 263 cm³/mol. The van der Waals surface area contributed by atoms with Crippen molar-refractivity contribution in [2.75, 3.05) is 27.3 Å². The second-order valence-electron chi connectivity index (χ2n) is 22.4. The van der Waals surface area contributed by atoms with E-state index < -0.39 is 0 Å². The molecule has 0 unspecified atom stereocenters. The third-order valence-corrected chi connectivity index (χ3v) is 13.7. The minimum Gasteiger partial charge on any atom is -0.379 e. The number of rotatable bonds is 45. The van der Waals surface area contributed by atoms with E-state index in [1.165, 1.54) is 225 Å². The van der Waals surface area contributed by atoms with Crippen molar-refractivity contribution >= 4 is 0 Å². The van der Waals surface area contributed by atoms with Crippen molar-refractivity contribution in [3.8, 4) is 0 Å². The van der Waals surface area contributed by atoms with Gasteiger partial charge in [0.05, 0.1) is 17.8 Å². The van der Waals surface area contributed by atoms with E-state index in [0.29, 0.717) is 0 Å². The first-order valence-corrected chi connectivity index (χ1v) is 26.5. The normalized spacial score (nSPS) is 13.1. The summed E-state index contributed by atoms with van der Waals surface area (Å²) in [5.74, 6) is 0. The largest absolute Gasteiger partial charge is 0.379 e. The summed E-state index contributed by atoms with van der Waals surface area (Å²) in [6.45, 7) is 25.5. The number of hydrogen-bond donors (Lipinski definition) is 0. The molecule has 0 aliphatic carbocycles. The van der Waals surface area contributed by atoms with Crippen molar-refractivity contribution < 1.29 is 9.47 Å². The van der Waals surface area contributed by atoms with Gasteiger partial charge in [-0.1, -0.05) is 234 Å². The highest BCUT2D eigenvalue weighted by atomic mass is 16.5. The summed E-state index contributed by atoms with van der Waals surface area (Å²) in [5, 5.41) is 0. The molecule has 3 nitrogen and oxygen atoms in total. The predicted octanol–water partition coefficient (Wildman–Crippen LogP) is 18.6. The molecule has 0 atom stereocenters. The van der Waals surface area contributed by atoms with Gasteiger partial charge < -0.3 is 14.4 Å². The van der Waals surface area contributed by atoms with Crippen molar-refractivity contribution in [1.82, 2.24) is 4.90 Å². The first-order valence-electron chi connectivity index (χ1n) is 26.5. The fourth-order valence-electron chi connectivity index (χ4n) is 9.72. The van der Waals surface area contributed by atoms with Crippen LogP contribution in [0.25, 0.3) is 0 Å². The van der Waals surface area contributed by atoms with Crippen LogP contribution < -0.4 is 0 Å². The summed E-state index contributed by atoms with van der Waals surface area (Å²) in [4.78, 5) is 2.80. The van der Waals surface area contributed by atoms with Crippen LogP contribution in [0.5, 0.6) is 0 Å². The van der Waals surface area contributed by atoms with E-state index in [2.05, 4.69) is 81.2 Å². The number of hydrogen-bond acceptors (Lipinski definition) is 3. The Kier molecular flexibility index (Phi) is 36.3. The van der Waals surface area contributed by atoms with Crippen LogP contribution in [0.3, 0.4) is 0 Å². The fourth-order valence-corrected chi connectivity index (χ4v) is 9.72. The second kappa shape index (κ2) is 36.4. The molecule has 0 amide bonds. The Morgan fingerprint density at radius 3 is 1.05 bits per heavy atom. The SMILES string of the molecule is CCCCCCCCCCCCCCCCCC(CCCCCCCCCCCCCCCCC)N(C)CC(C)(C)CC(C)(C)CCC(C)(C)OCCC(C)(C)OC. The maximum atomic E-state index is 6.41. The van der Waals surface area contributed by atoms with Crippen molar-refractivity contribution in [1.29, 1.82) is 0 Å². The molecule has 58 heavy (non-hydrogen) atoms. The number of ether oxygens (including phenoxy) is 2. The summed E-state index contributed by atoms with van der Waals surface area (Å²) in [5.41, 5.74) is 0.345. The maximum Gasteiger partial charge on any atom is 0.0644 e. The maximum absolute atomic E-state index is 6.41. The lowest BCUT2D eigenvalue weighted by molar-refractivity contribution is -0.0660. The standard InChI is InChI=1S/C55H113NO2/c1-13-15-17-19-21-23-25-27-29-31-33-35-37-39-41-43-51(44-42-40-38-36-34-32-30-28-26-24-22-20-18-16-14-2)56(11)50-53(5,6)49-52(3,4)45-46-55(9,10)58-48-47-54(7,8)57-12/h51H,13-50H2,1-12H3. The zero-order valence-electron chi connectivity index (χ0n) is 42.7. The average Bonchev–Trinajstić information content (AvgIpc) is 3.15. The Hall–Kier alpha value is -0.120. The minimum atomic E-state index is -0.123. The number of unbranched alkanes of at least 4 members (excludes halogenated alkanes) is 28. The summed E-state index contributed by atoms with van der Waals surface area (Å²) in [6.07, 6.45) is 50.6. The van der Waals surface area contributed by atoms with Crippen LogP contribution in [0.4, 0.5) is 0 Å². The fraction of sp³-hybridized carbons (Fsp3) is 1.00. The zero-order chi connectivity index (χ0) is 43.4. The van der Waals surface area contributed by atoms with Gasteiger partial charge in [0.1, 0.15) is 0 Å². The van der Waals surface area contributed by atoms with Gasteiger partial charge in [-0.2, -0.15) is 0 Å². The lowest BCUT2D eigenvalue weighted by Gasteiger charge is -2.41. The van der Waals surface area contributed by atoms with Gasteiger partial charge in [-0.3, -0.25) is 0 Å². The van der Waals surface area contributed by atoms with E-state index in [0.717, 1.165) is 25.5 Å². The van der Waals surface area contributed by atoms with E-state index in [1.54, 1.807) is 7.11 Å². The highest BCUT2D eigenvalue weighted by Gasteiger charge is 2.33. The molecule has 0 saturated carbocycles. The highest BCUT2D eigenvalue weighted by molar-refractivity contribution is 4.85. The van der Waals surface area contributed by atoms with Crippen LogP contribution in [0, 0.1) is 10.8 Å². The molecule has 0 saturated heterocycles. The minimum absolute atomic E-state index is 0.104. The van der Waals surface area contributed by atoms with Gasteiger partial charge in [-0.05, 0) is 84.1 Å². The van der Waals surface area contributed by atoms with Crippen molar-refractivity contribution in [2.45, 2.75) is 318 Å². The van der Waals surface area contributed by atoms with E-state index in [-0.39, 0.29) is 22.0 Å². The molecule has 0 aromatic carbocycles. The van der Waals surface area contributed by atoms with Gasteiger partial charge in [-0.15, -0.1) is 0 Å². The number of methoxy groups -OCH3 is 1. The lowest BCUT2D eigenvalue weighted by atomic mass is 9.71. The molecule has 0 N–H and O–H groups in total. The van der Waals surface area contributed by atoms with E-state index in [1.807, 2.05) is 0 Å². The summed E-state index contributed by atoms with van der Waals surface area (Å²) >= 11 is 0. The molecule has 0 aromatic rings. The molecule has 0 rings (SSSR count). The number of nitrogens with zero attached hydrogens (tertiary/aromatic N) is 1. The Bertz CT molecular complexity index is 828. The van der Waals surface area contributed by atoms with Crippen LogP contribution in [0.2, 0.25) is 0 Å². The molecular weight excluding hydrogens is 707 g/mol. The summed E-state index contributed by atoms with van der Waals surface area (Å²) in [7, 11) is 4.27. The average molecular weight is 821 g/mol. The molecule has 0 aliphatic heterocycles. The quantitative estimate of drug-likeness (QED) is 0.0571. The second-order valence-corrected chi connectivity index (χ2v) is 22.4. The Morgan fingerprint density at radius 2 is 0.724 bits per heavy atom. The van der Waals surface area contributed by atoms with Gasteiger partial charge in [0.2, 0.25) is 0 Å². The third-order valence-electron chi connectivity index (χ3n) is 13.7. The molecule has 0 fully saturated rings. The van der Waals surface area contributed by atoms with E-state index in [9.17, 15) is 0 Å². The molecule has 0 spiro atoms. The smallest absolute Gasteiger partial charge is 0.0644 e. The molecule has 350 valence electrons. The lowest BCUT2D eigenvalue weighted by Crippen LogP contribution is -2.41. The van der Waals surface area contributed by atoms with Crippen molar-refractivity contribution in [2.24, 2.45) is 10.8 Å². The summed E-state index contributed by atoms with van der Waals surface area (Å²) < 4.78 is 12.0. The van der Waals surface area contributed by atoms with E-state index >= 15 is 0 Å². The highest BCUT2D eigenvalue weighted by Crippen LogP contribution is 2.40. The molecular formula is C55H113NO2. The van der Waals surface area contributed by atoms with Gasteiger partial charge in [-0.25, -0.2) is 0 Å². The summed E-state index contributed by atoms with van der Waals surface area (Å²) in [6, 6.07) is 0.731. The molecule has 3 heteroatoms.